The van der Waals surface area contributed by atoms with Gasteiger partial charge in [0, 0.05) is 32.4 Å². The van der Waals surface area contributed by atoms with Gasteiger partial charge in [-0.05, 0) is 24.1 Å². The summed E-state index contributed by atoms with van der Waals surface area (Å²) in [4.78, 5) is 1.97. The molecule has 0 saturated heterocycles. The fourth-order valence-corrected chi connectivity index (χ4v) is 1.64. The van der Waals surface area contributed by atoms with Gasteiger partial charge in [0.15, 0.2) is 0 Å². The summed E-state index contributed by atoms with van der Waals surface area (Å²) in [7, 11) is 1.89. The number of hydrogen-bond donors (Lipinski definition) is 1. The van der Waals surface area contributed by atoms with E-state index in [1.807, 2.05) is 36.2 Å². The third-order valence-corrected chi connectivity index (χ3v) is 2.63. The molecule has 1 aromatic rings. The zero-order chi connectivity index (χ0) is 14.3. The first-order valence-electron chi connectivity index (χ1n) is 6.07. The molecule has 0 radical (unpaired) electrons. The highest BCUT2D eigenvalue weighted by Gasteiger charge is 2.27. The molecule has 108 valence electrons. The summed E-state index contributed by atoms with van der Waals surface area (Å²) in [6.07, 6.45) is -3.71. The van der Waals surface area contributed by atoms with Gasteiger partial charge < -0.3 is 15.4 Å². The van der Waals surface area contributed by atoms with E-state index in [1.54, 1.807) is 0 Å². The van der Waals surface area contributed by atoms with Gasteiger partial charge in [-0.15, -0.1) is 0 Å². The van der Waals surface area contributed by atoms with Crippen LogP contribution in [-0.4, -0.2) is 33.0 Å². The predicted octanol–water partition coefficient (Wildman–Crippen LogP) is 2.55. The third kappa shape index (κ3) is 6.45. The van der Waals surface area contributed by atoms with Gasteiger partial charge in [0.25, 0.3) is 0 Å². The van der Waals surface area contributed by atoms with E-state index in [1.165, 1.54) is 0 Å². The van der Waals surface area contributed by atoms with Crippen LogP contribution in [0.15, 0.2) is 24.3 Å². The van der Waals surface area contributed by atoms with E-state index >= 15 is 0 Å². The number of alkyl halides is 3. The summed E-state index contributed by atoms with van der Waals surface area (Å²) >= 11 is 0. The topological polar surface area (TPSA) is 38.5 Å². The molecule has 0 fully saturated rings. The molecule has 0 bridgehead atoms. The number of rotatable bonds is 7. The number of anilines is 1. The Bertz CT molecular complexity index is 382. The summed E-state index contributed by atoms with van der Waals surface area (Å²) in [6.45, 7) is 0.0159. The first-order chi connectivity index (χ1) is 8.92. The second-order valence-corrected chi connectivity index (χ2v) is 4.32. The Hall–Kier alpha value is -1.27. The minimum absolute atomic E-state index is 0.0976. The van der Waals surface area contributed by atoms with Gasteiger partial charge in [-0.25, -0.2) is 0 Å². The summed E-state index contributed by atoms with van der Waals surface area (Å²) in [5, 5.41) is 0. The number of nitrogens with two attached hydrogens (primary N) is 1. The van der Waals surface area contributed by atoms with E-state index in [2.05, 4.69) is 4.74 Å². The van der Waals surface area contributed by atoms with Crippen molar-refractivity contribution in [2.24, 2.45) is 5.73 Å². The number of nitrogens with zero attached hydrogens (tertiary/aromatic N) is 1. The van der Waals surface area contributed by atoms with Gasteiger partial charge in [0.05, 0.1) is 0 Å². The van der Waals surface area contributed by atoms with Gasteiger partial charge in [-0.1, -0.05) is 12.1 Å². The fraction of sp³-hybridized carbons (Fsp3) is 0.538. The highest BCUT2D eigenvalue weighted by molar-refractivity contribution is 5.47. The number of benzene rings is 1. The van der Waals surface area contributed by atoms with Gasteiger partial charge in [-0.2, -0.15) is 13.2 Å². The lowest BCUT2D eigenvalue weighted by molar-refractivity contribution is -0.173. The Balaban J connectivity index is 2.29. The maximum Gasteiger partial charge on any atom is 0.411 e. The van der Waals surface area contributed by atoms with Crippen molar-refractivity contribution in [1.29, 1.82) is 0 Å². The molecular formula is C13H19F3N2O. The second kappa shape index (κ2) is 7.35. The molecule has 19 heavy (non-hydrogen) atoms. The SMILES string of the molecule is CN(CCCOCC(F)(F)F)c1cccc(CN)c1. The van der Waals surface area contributed by atoms with Crippen LogP contribution in [0.2, 0.25) is 0 Å². The molecule has 0 spiro atoms. The Morgan fingerprint density at radius 2 is 2.05 bits per heavy atom. The van der Waals surface area contributed by atoms with Crippen LogP contribution >= 0.6 is 0 Å². The van der Waals surface area contributed by atoms with Crippen molar-refractivity contribution < 1.29 is 17.9 Å². The Morgan fingerprint density at radius 1 is 1.32 bits per heavy atom. The molecule has 0 aliphatic carbocycles. The maximum atomic E-state index is 11.8. The van der Waals surface area contributed by atoms with Crippen LogP contribution < -0.4 is 10.6 Å². The van der Waals surface area contributed by atoms with Gasteiger partial charge in [0.2, 0.25) is 0 Å². The smallest absolute Gasteiger partial charge is 0.375 e. The van der Waals surface area contributed by atoms with Crippen molar-refractivity contribution in [3.8, 4) is 0 Å². The third-order valence-electron chi connectivity index (χ3n) is 2.63. The lowest BCUT2D eigenvalue weighted by Gasteiger charge is -2.20. The maximum absolute atomic E-state index is 11.8. The van der Waals surface area contributed by atoms with Crippen LogP contribution in [-0.2, 0) is 11.3 Å². The number of ether oxygens (including phenoxy) is 1. The predicted molar refractivity (Wildman–Crippen MR) is 69.1 cm³/mol. The zero-order valence-corrected chi connectivity index (χ0v) is 10.9. The van der Waals surface area contributed by atoms with E-state index in [-0.39, 0.29) is 6.61 Å². The number of hydrogen-bond acceptors (Lipinski definition) is 3. The van der Waals surface area contributed by atoms with Gasteiger partial charge in [-0.3, -0.25) is 0 Å². The Morgan fingerprint density at radius 3 is 2.68 bits per heavy atom. The van der Waals surface area contributed by atoms with Crippen LogP contribution in [0.5, 0.6) is 0 Å². The summed E-state index contributed by atoms with van der Waals surface area (Å²) < 4.78 is 40.1. The molecule has 0 saturated carbocycles. The number of halogens is 3. The van der Waals surface area contributed by atoms with E-state index < -0.39 is 12.8 Å². The van der Waals surface area contributed by atoms with Crippen molar-refractivity contribution in [3.05, 3.63) is 29.8 Å². The lowest BCUT2D eigenvalue weighted by atomic mass is 10.2. The van der Waals surface area contributed by atoms with E-state index in [9.17, 15) is 13.2 Å². The molecule has 2 N–H and O–H groups in total. The van der Waals surface area contributed by atoms with Crippen molar-refractivity contribution in [3.63, 3.8) is 0 Å². The molecule has 1 aromatic carbocycles. The largest absolute Gasteiger partial charge is 0.411 e. The molecule has 3 nitrogen and oxygen atoms in total. The van der Waals surface area contributed by atoms with Crippen molar-refractivity contribution in [1.82, 2.24) is 0 Å². The Kier molecular flexibility index (Phi) is 6.11. The van der Waals surface area contributed by atoms with Crippen LogP contribution in [0.4, 0.5) is 18.9 Å². The first-order valence-corrected chi connectivity index (χ1v) is 6.07. The molecule has 0 aliphatic heterocycles. The van der Waals surface area contributed by atoms with Crippen LogP contribution in [0.25, 0.3) is 0 Å². The molecule has 0 aliphatic rings. The molecule has 0 atom stereocenters. The minimum atomic E-state index is -4.25. The lowest BCUT2D eigenvalue weighted by Crippen LogP contribution is -2.22. The highest BCUT2D eigenvalue weighted by atomic mass is 19.4. The quantitative estimate of drug-likeness (QED) is 0.778. The minimum Gasteiger partial charge on any atom is -0.375 e. The summed E-state index contributed by atoms with van der Waals surface area (Å²) in [5.74, 6) is 0. The van der Waals surface area contributed by atoms with Gasteiger partial charge >= 0.3 is 6.18 Å². The standard InChI is InChI=1S/C13H19F3N2O/c1-18(6-3-7-19-10-13(14,15)16)12-5-2-4-11(8-12)9-17/h2,4-5,8H,3,6-7,9-10,17H2,1H3. The van der Waals surface area contributed by atoms with Crippen molar-refractivity contribution in [2.45, 2.75) is 19.1 Å². The molecular weight excluding hydrogens is 257 g/mol. The van der Waals surface area contributed by atoms with E-state index in [4.69, 9.17) is 5.73 Å². The van der Waals surface area contributed by atoms with Crippen LogP contribution in [0.3, 0.4) is 0 Å². The van der Waals surface area contributed by atoms with Crippen LogP contribution in [0.1, 0.15) is 12.0 Å². The van der Waals surface area contributed by atoms with Crippen molar-refractivity contribution in [2.75, 3.05) is 31.7 Å². The molecule has 0 aromatic heterocycles. The average molecular weight is 276 g/mol. The average Bonchev–Trinajstić information content (AvgIpc) is 2.37. The second-order valence-electron chi connectivity index (χ2n) is 4.32. The van der Waals surface area contributed by atoms with E-state index in [0.717, 1.165) is 11.3 Å². The van der Waals surface area contributed by atoms with Crippen LogP contribution in [0, 0.1) is 0 Å². The first kappa shape index (κ1) is 15.8. The molecule has 0 unspecified atom stereocenters. The highest BCUT2D eigenvalue weighted by Crippen LogP contribution is 2.16. The molecule has 6 heteroatoms. The monoisotopic (exact) mass is 276 g/mol. The molecule has 0 amide bonds. The summed E-state index contributed by atoms with van der Waals surface area (Å²) in [6, 6.07) is 7.75. The van der Waals surface area contributed by atoms with Gasteiger partial charge in [0.1, 0.15) is 6.61 Å². The summed E-state index contributed by atoms with van der Waals surface area (Å²) in [5.41, 5.74) is 7.58. The van der Waals surface area contributed by atoms with Crippen molar-refractivity contribution >= 4 is 5.69 Å². The Labute approximate surface area is 111 Å². The molecule has 1 rings (SSSR count). The molecule has 0 heterocycles. The zero-order valence-electron chi connectivity index (χ0n) is 10.9. The normalized spacial score (nSPS) is 11.6. The van der Waals surface area contributed by atoms with E-state index in [0.29, 0.717) is 19.5 Å². The fourth-order valence-electron chi connectivity index (χ4n) is 1.64.